The first-order valence-corrected chi connectivity index (χ1v) is 8.14. The number of nitrogen functional groups attached to an aromatic ring is 1. The highest BCUT2D eigenvalue weighted by atomic mass is 16.6. The number of nitrogens with zero attached hydrogens (tertiary/aromatic N) is 1. The molecule has 0 bridgehead atoms. The number of para-hydroxylation sites is 1. The highest BCUT2D eigenvalue weighted by molar-refractivity contribution is 5.69. The molecule has 0 aliphatic carbocycles. The zero-order valence-electron chi connectivity index (χ0n) is 14.7. The van der Waals surface area contributed by atoms with E-state index in [1.165, 1.54) is 0 Å². The Kier molecular flexibility index (Phi) is 5.19. The van der Waals surface area contributed by atoms with Crippen molar-refractivity contribution in [2.24, 2.45) is 5.92 Å². The molecule has 1 amide bonds. The maximum absolute atomic E-state index is 12.6. The normalized spacial score (nSPS) is 22.3. The van der Waals surface area contributed by atoms with Crippen LogP contribution in [-0.2, 0) is 9.47 Å². The lowest BCUT2D eigenvalue weighted by molar-refractivity contribution is -0.0812. The van der Waals surface area contributed by atoms with E-state index in [0.29, 0.717) is 18.8 Å². The van der Waals surface area contributed by atoms with Crippen molar-refractivity contribution in [2.45, 2.75) is 52.4 Å². The van der Waals surface area contributed by atoms with E-state index < -0.39 is 5.60 Å². The number of benzene rings is 1. The first-order chi connectivity index (χ1) is 10.7. The highest BCUT2D eigenvalue weighted by Gasteiger charge is 2.37. The Morgan fingerprint density at radius 2 is 2.00 bits per heavy atom. The van der Waals surface area contributed by atoms with Crippen molar-refractivity contribution in [1.82, 2.24) is 4.90 Å². The molecule has 2 N–H and O–H groups in total. The smallest absolute Gasteiger partial charge is 0.410 e. The summed E-state index contributed by atoms with van der Waals surface area (Å²) >= 11 is 0. The lowest BCUT2D eigenvalue weighted by atomic mass is 9.98. The van der Waals surface area contributed by atoms with Crippen LogP contribution in [0.25, 0.3) is 0 Å². The van der Waals surface area contributed by atoms with Gasteiger partial charge in [-0.05, 0) is 32.8 Å². The van der Waals surface area contributed by atoms with Crippen molar-refractivity contribution >= 4 is 11.8 Å². The number of amides is 1. The SMILES string of the molecule is CC(C)[C@H]1COC(c2ccccc2N)CN1C(=O)OC(C)(C)C. The molecule has 1 heterocycles. The Balaban J connectivity index is 2.21. The van der Waals surface area contributed by atoms with Gasteiger partial charge in [-0.3, -0.25) is 4.90 Å². The predicted octanol–water partition coefficient (Wildman–Crippen LogP) is 3.60. The molecule has 23 heavy (non-hydrogen) atoms. The molecule has 2 atom stereocenters. The van der Waals surface area contributed by atoms with Crippen LogP contribution in [0.1, 0.15) is 46.3 Å². The summed E-state index contributed by atoms with van der Waals surface area (Å²) in [6.45, 7) is 10.7. The minimum atomic E-state index is -0.516. The average Bonchev–Trinajstić information content (AvgIpc) is 2.45. The molecular weight excluding hydrogens is 292 g/mol. The van der Waals surface area contributed by atoms with Crippen LogP contribution in [0.2, 0.25) is 0 Å². The minimum absolute atomic E-state index is 0.00559. The lowest BCUT2D eigenvalue weighted by Gasteiger charge is -2.42. The summed E-state index contributed by atoms with van der Waals surface area (Å²) in [4.78, 5) is 14.4. The fraction of sp³-hybridized carbons (Fsp3) is 0.611. The molecule has 1 fully saturated rings. The monoisotopic (exact) mass is 320 g/mol. The van der Waals surface area contributed by atoms with Crippen molar-refractivity contribution in [3.8, 4) is 0 Å². The summed E-state index contributed by atoms with van der Waals surface area (Å²) in [5, 5.41) is 0. The van der Waals surface area contributed by atoms with E-state index in [0.717, 1.165) is 5.56 Å². The summed E-state index contributed by atoms with van der Waals surface area (Å²) in [5.74, 6) is 0.289. The van der Waals surface area contributed by atoms with Crippen molar-refractivity contribution < 1.29 is 14.3 Å². The number of carbonyl (C=O) groups excluding carboxylic acids is 1. The van der Waals surface area contributed by atoms with Crippen LogP contribution in [0.3, 0.4) is 0 Å². The molecule has 0 aromatic heterocycles. The molecule has 0 radical (unpaired) electrons. The lowest BCUT2D eigenvalue weighted by Crippen LogP contribution is -2.53. The van der Waals surface area contributed by atoms with Gasteiger partial charge in [0.05, 0.1) is 19.2 Å². The maximum atomic E-state index is 12.6. The Hall–Kier alpha value is -1.75. The van der Waals surface area contributed by atoms with Crippen molar-refractivity contribution in [3.05, 3.63) is 29.8 Å². The Labute approximate surface area is 138 Å². The van der Waals surface area contributed by atoms with Gasteiger partial charge in [-0.25, -0.2) is 4.79 Å². The Morgan fingerprint density at radius 1 is 1.35 bits per heavy atom. The van der Waals surface area contributed by atoms with Crippen molar-refractivity contribution in [1.29, 1.82) is 0 Å². The van der Waals surface area contributed by atoms with Crippen molar-refractivity contribution in [3.63, 3.8) is 0 Å². The minimum Gasteiger partial charge on any atom is -0.444 e. The van der Waals surface area contributed by atoms with E-state index in [9.17, 15) is 4.79 Å². The maximum Gasteiger partial charge on any atom is 0.410 e. The molecule has 1 aliphatic rings. The van der Waals surface area contributed by atoms with Crippen LogP contribution < -0.4 is 5.73 Å². The fourth-order valence-electron chi connectivity index (χ4n) is 2.75. The number of hydrogen-bond acceptors (Lipinski definition) is 4. The van der Waals surface area contributed by atoms with Gasteiger partial charge < -0.3 is 15.2 Å². The van der Waals surface area contributed by atoms with Gasteiger partial charge in [0.15, 0.2) is 0 Å². The van der Waals surface area contributed by atoms with E-state index in [-0.39, 0.29) is 24.2 Å². The topological polar surface area (TPSA) is 64.8 Å². The molecule has 128 valence electrons. The summed E-state index contributed by atoms with van der Waals surface area (Å²) in [6.07, 6.45) is -0.516. The van der Waals surface area contributed by atoms with Gasteiger partial charge in [-0.15, -0.1) is 0 Å². The van der Waals surface area contributed by atoms with Gasteiger partial charge in [-0.1, -0.05) is 32.0 Å². The van der Waals surface area contributed by atoms with Gasteiger partial charge in [-0.2, -0.15) is 0 Å². The van der Waals surface area contributed by atoms with Gasteiger partial charge in [0.25, 0.3) is 0 Å². The second-order valence-corrected chi connectivity index (χ2v) is 7.39. The summed E-state index contributed by atoms with van der Waals surface area (Å²) < 4.78 is 11.6. The van der Waals surface area contributed by atoms with E-state index >= 15 is 0 Å². The molecule has 1 saturated heterocycles. The summed E-state index contributed by atoms with van der Waals surface area (Å²) in [5.41, 5.74) is 7.14. The van der Waals surface area contributed by atoms with Crippen LogP contribution in [0.4, 0.5) is 10.5 Å². The number of rotatable bonds is 2. The number of morpholine rings is 1. The first kappa shape index (κ1) is 17.6. The molecule has 2 rings (SSSR count). The molecule has 0 saturated carbocycles. The molecule has 1 aromatic carbocycles. The third-order valence-electron chi connectivity index (χ3n) is 3.97. The average molecular weight is 320 g/mol. The van der Waals surface area contributed by atoms with E-state index in [1.54, 1.807) is 4.90 Å². The Bertz CT molecular complexity index is 551. The number of nitrogens with two attached hydrogens (primary N) is 1. The van der Waals surface area contributed by atoms with Gasteiger partial charge >= 0.3 is 6.09 Å². The molecule has 5 nitrogen and oxygen atoms in total. The summed E-state index contributed by atoms with van der Waals surface area (Å²) in [7, 11) is 0. The number of ether oxygens (including phenoxy) is 2. The third kappa shape index (κ3) is 4.38. The molecule has 1 unspecified atom stereocenters. The van der Waals surface area contributed by atoms with E-state index in [2.05, 4.69) is 13.8 Å². The van der Waals surface area contributed by atoms with Gasteiger partial charge in [0, 0.05) is 11.3 Å². The second kappa shape index (κ2) is 6.79. The third-order valence-corrected chi connectivity index (χ3v) is 3.97. The van der Waals surface area contributed by atoms with Gasteiger partial charge in [0.1, 0.15) is 11.7 Å². The molecule has 0 spiro atoms. The standard InChI is InChI=1S/C18H28N2O3/c1-12(2)15-11-22-16(13-8-6-7-9-14(13)19)10-20(15)17(21)23-18(3,4)5/h6-9,12,15-16H,10-11,19H2,1-5H3/t15-,16?/m1/s1. The molecule has 5 heteroatoms. The van der Waals surface area contributed by atoms with Crippen LogP contribution in [-0.4, -0.2) is 35.8 Å². The number of anilines is 1. The van der Waals surface area contributed by atoms with E-state index in [1.807, 2.05) is 45.0 Å². The van der Waals surface area contributed by atoms with Crippen LogP contribution >= 0.6 is 0 Å². The largest absolute Gasteiger partial charge is 0.444 e. The first-order valence-electron chi connectivity index (χ1n) is 8.14. The Morgan fingerprint density at radius 3 is 2.57 bits per heavy atom. The van der Waals surface area contributed by atoms with Crippen LogP contribution in [0.5, 0.6) is 0 Å². The second-order valence-electron chi connectivity index (χ2n) is 7.39. The van der Waals surface area contributed by atoms with Crippen LogP contribution in [0, 0.1) is 5.92 Å². The molecule has 1 aromatic rings. The highest BCUT2D eigenvalue weighted by Crippen LogP contribution is 2.31. The van der Waals surface area contributed by atoms with E-state index in [4.69, 9.17) is 15.2 Å². The number of hydrogen-bond donors (Lipinski definition) is 1. The van der Waals surface area contributed by atoms with Gasteiger partial charge in [0.2, 0.25) is 0 Å². The zero-order chi connectivity index (χ0) is 17.2. The summed E-state index contributed by atoms with van der Waals surface area (Å²) in [6, 6.07) is 7.63. The quantitative estimate of drug-likeness (QED) is 0.846. The predicted molar refractivity (Wildman–Crippen MR) is 91.1 cm³/mol. The fourth-order valence-corrected chi connectivity index (χ4v) is 2.75. The number of carbonyl (C=O) groups is 1. The molecule has 1 aliphatic heterocycles. The van der Waals surface area contributed by atoms with Crippen molar-refractivity contribution in [2.75, 3.05) is 18.9 Å². The van der Waals surface area contributed by atoms with Crippen LogP contribution in [0.15, 0.2) is 24.3 Å². The zero-order valence-corrected chi connectivity index (χ0v) is 14.7. The molecular formula is C18H28N2O3.